The zero-order valence-corrected chi connectivity index (χ0v) is 19.3. The second kappa shape index (κ2) is 11.2. The van der Waals surface area contributed by atoms with E-state index in [4.69, 9.17) is 70.8 Å². The summed E-state index contributed by atoms with van der Waals surface area (Å²) in [6.45, 7) is 0. The van der Waals surface area contributed by atoms with Crippen molar-refractivity contribution in [2.75, 3.05) is 22.1 Å². The van der Waals surface area contributed by atoms with Crippen LogP contribution in [0.3, 0.4) is 0 Å². The summed E-state index contributed by atoms with van der Waals surface area (Å²) in [5.74, 6) is 1.61. The lowest BCUT2D eigenvalue weighted by Gasteiger charge is -2.10. The summed E-state index contributed by atoms with van der Waals surface area (Å²) in [5.41, 5.74) is 1.61. The second-order valence-corrected chi connectivity index (χ2v) is 9.95. The monoisotopic (exact) mass is 500 g/mol. The Morgan fingerprint density at radius 3 is 1.42 bits per heavy atom. The molecule has 2 N–H and O–H groups in total. The Kier molecular flexibility index (Phi) is 9.61. The molecule has 2 rings (SSSR count). The summed E-state index contributed by atoms with van der Waals surface area (Å²) in [5, 5.41) is 8.22. The van der Waals surface area contributed by atoms with E-state index in [2.05, 4.69) is 10.6 Å². The van der Waals surface area contributed by atoms with Crippen molar-refractivity contribution in [2.24, 2.45) is 0 Å². The fourth-order valence-electron chi connectivity index (χ4n) is 1.72. The number of anilines is 2. The first-order valence-corrected chi connectivity index (χ1v) is 11.4. The van der Waals surface area contributed by atoms with E-state index in [1.807, 2.05) is 12.1 Å². The van der Waals surface area contributed by atoms with Crippen molar-refractivity contribution in [1.29, 1.82) is 0 Å². The lowest BCUT2D eigenvalue weighted by Crippen LogP contribution is -2.08. The van der Waals surface area contributed by atoms with Crippen molar-refractivity contribution < 1.29 is 0 Å². The van der Waals surface area contributed by atoms with Gasteiger partial charge in [-0.3, -0.25) is 0 Å². The molecule has 0 bridgehead atoms. The summed E-state index contributed by atoms with van der Waals surface area (Å²) in [4.78, 5) is 0. The summed E-state index contributed by atoms with van der Waals surface area (Å²) in [6, 6.07) is 10.6. The van der Waals surface area contributed by atoms with Gasteiger partial charge in [0.1, 0.15) is 8.64 Å². The number of halogens is 4. The van der Waals surface area contributed by atoms with E-state index in [1.165, 1.54) is 23.5 Å². The van der Waals surface area contributed by atoms with Crippen molar-refractivity contribution in [3.63, 3.8) is 0 Å². The Balaban J connectivity index is 1.68. The number of nitrogens with one attached hydrogen (secondary N) is 2. The highest BCUT2D eigenvalue weighted by Crippen LogP contribution is 2.27. The highest BCUT2D eigenvalue weighted by Gasteiger charge is 2.05. The molecule has 0 saturated carbocycles. The van der Waals surface area contributed by atoms with Crippen LogP contribution in [-0.2, 0) is 0 Å². The first-order valence-electron chi connectivity index (χ1n) is 7.13. The molecule has 0 spiro atoms. The Morgan fingerprint density at radius 2 is 1.08 bits per heavy atom. The van der Waals surface area contributed by atoms with E-state index in [1.54, 1.807) is 24.3 Å². The molecule has 0 aliphatic carbocycles. The predicted molar refractivity (Wildman–Crippen MR) is 130 cm³/mol. The van der Waals surface area contributed by atoms with E-state index < -0.39 is 0 Å². The SMILES string of the molecule is S=C(Nc1ccc(Cl)c(Cl)c1)SCCSC(=S)Nc1ccc(Cl)c(Cl)c1. The minimum absolute atomic E-state index is 0.485. The summed E-state index contributed by atoms with van der Waals surface area (Å²) >= 11 is 37.4. The van der Waals surface area contributed by atoms with Crippen LogP contribution in [0.15, 0.2) is 36.4 Å². The maximum Gasteiger partial charge on any atom is 0.138 e. The minimum atomic E-state index is 0.485. The van der Waals surface area contributed by atoms with Gasteiger partial charge in [0.05, 0.1) is 20.1 Å². The van der Waals surface area contributed by atoms with E-state index in [9.17, 15) is 0 Å². The first-order chi connectivity index (χ1) is 12.3. The number of hydrogen-bond acceptors (Lipinski definition) is 4. The van der Waals surface area contributed by atoms with Crippen molar-refractivity contribution in [2.45, 2.75) is 0 Å². The van der Waals surface area contributed by atoms with Crippen molar-refractivity contribution in [3.8, 4) is 0 Å². The highest BCUT2D eigenvalue weighted by molar-refractivity contribution is 8.26. The molecule has 10 heteroatoms. The van der Waals surface area contributed by atoms with Crippen LogP contribution in [0.5, 0.6) is 0 Å². The molecule has 2 aromatic rings. The largest absolute Gasteiger partial charge is 0.341 e. The zero-order chi connectivity index (χ0) is 19.1. The smallest absolute Gasteiger partial charge is 0.138 e. The van der Waals surface area contributed by atoms with Gasteiger partial charge in [-0.25, -0.2) is 0 Å². The normalized spacial score (nSPS) is 10.5. The number of benzene rings is 2. The molecule has 2 aromatic carbocycles. The quantitative estimate of drug-likeness (QED) is 0.319. The van der Waals surface area contributed by atoms with E-state index in [-0.39, 0.29) is 0 Å². The maximum absolute atomic E-state index is 5.98. The molecule has 0 aliphatic rings. The van der Waals surface area contributed by atoms with E-state index in [0.717, 1.165) is 22.9 Å². The average molecular weight is 502 g/mol. The van der Waals surface area contributed by atoms with Gasteiger partial charge in [0.15, 0.2) is 0 Å². The fraction of sp³-hybridized carbons (Fsp3) is 0.125. The van der Waals surface area contributed by atoms with E-state index >= 15 is 0 Å². The second-order valence-electron chi connectivity index (χ2n) is 4.78. The number of thioether (sulfide) groups is 2. The molecule has 0 atom stereocenters. The third-order valence-corrected chi connectivity index (χ3v) is 7.07. The third kappa shape index (κ3) is 7.60. The Bertz CT molecular complexity index is 749. The highest BCUT2D eigenvalue weighted by atomic mass is 35.5. The van der Waals surface area contributed by atoms with Gasteiger partial charge >= 0.3 is 0 Å². The summed E-state index contributed by atoms with van der Waals surface area (Å²) < 4.78 is 1.32. The zero-order valence-electron chi connectivity index (χ0n) is 13.0. The first kappa shape index (κ1) is 22.4. The van der Waals surface area contributed by atoms with E-state index in [0.29, 0.717) is 28.7 Å². The van der Waals surface area contributed by atoms with Gasteiger partial charge in [-0.15, -0.1) is 0 Å². The molecule has 0 amide bonds. The molecular weight excluding hydrogens is 490 g/mol. The molecular formula is C16H12Cl4N2S4. The molecule has 0 fully saturated rings. The summed E-state index contributed by atoms with van der Waals surface area (Å²) in [7, 11) is 0. The lowest BCUT2D eigenvalue weighted by atomic mass is 10.3. The van der Waals surface area contributed by atoms with Gasteiger partial charge in [0.25, 0.3) is 0 Å². The lowest BCUT2D eigenvalue weighted by molar-refractivity contribution is 1.57. The summed E-state index contributed by atoms with van der Waals surface area (Å²) in [6.07, 6.45) is 0. The third-order valence-electron chi connectivity index (χ3n) is 2.88. The topological polar surface area (TPSA) is 24.1 Å². The van der Waals surface area contributed by atoms with Crippen molar-refractivity contribution in [3.05, 3.63) is 56.5 Å². The van der Waals surface area contributed by atoms with Gasteiger partial charge in [-0.05, 0) is 36.4 Å². The fourth-order valence-corrected chi connectivity index (χ4v) is 4.47. The molecule has 2 nitrogen and oxygen atoms in total. The molecule has 0 aromatic heterocycles. The minimum Gasteiger partial charge on any atom is -0.341 e. The van der Waals surface area contributed by atoms with Gasteiger partial charge in [-0.2, -0.15) is 0 Å². The number of hydrogen-bond donors (Lipinski definition) is 2. The number of thiocarbonyl (C=S) groups is 2. The van der Waals surface area contributed by atoms with Crippen LogP contribution in [0.1, 0.15) is 0 Å². The van der Waals surface area contributed by atoms with Crippen molar-refractivity contribution in [1.82, 2.24) is 0 Å². The predicted octanol–water partition coefficient (Wildman–Crippen LogP) is 7.86. The van der Waals surface area contributed by atoms with Crippen LogP contribution in [0, 0.1) is 0 Å². The van der Waals surface area contributed by atoms with Crippen LogP contribution in [-0.4, -0.2) is 20.1 Å². The van der Waals surface area contributed by atoms with Gasteiger partial charge < -0.3 is 10.6 Å². The van der Waals surface area contributed by atoms with Crippen LogP contribution >= 0.6 is 94.4 Å². The molecule has 0 heterocycles. The maximum atomic E-state index is 5.98. The number of rotatable bonds is 5. The van der Waals surface area contributed by atoms with Gasteiger partial charge in [0.2, 0.25) is 0 Å². The van der Waals surface area contributed by atoms with Crippen LogP contribution in [0.2, 0.25) is 20.1 Å². The standard InChI is InChI=1S/C16H12Cl4N2S4/c17-11-3-1-9(7-13(11)19)21-15(23)25-5-6-26-16(24)22-10-2-4-12(18)14(20)8-10/h1-4,7-8H,5-6H2,(H,21,23)(H,22,24). The van der Waals surface area contributed by atoms with Crippen molar-refractivity contribution >= 4 is 114 Å². The van der Waals surface area contributed by atoms with Gasteiger partial charge in [-0.1, -0.05) is 94.4 Å². The van der Waals surface area contributed by atoms with Crippen LogP contribution in [0.4, 0.5) is 11.4 Å². The van der Waals surface area contributed by atoms with Gasteiger partial charge in [0, 0.05) is 22.9 Å². The molecule has 0 unspecified atom stereocenters. The molecule has 138 valence electrons. The Morgan fingerprint density at radius 1 is 0.692 bits per heavy atom. The average Bonchev–Trinajstić information content (AvgIpc) is 2.58. The molecule has 0 aliphatic heterocycles. The van der Waals surface area contributed by atoms with Crippen LogP contribution in [0.25, 0.3) is 0 Å². The Hall–Kier alpha value is 0.0800. The van der Waals surface area contributed by atoms with Crippen LogP contribution < -0.4 is 10.6 Å². The Labute approximate surface area is 191 Å². The molecule has 0 radical (unpaired) electrons. The molecule has 26 heavy (non-hydrogen) atoms. The molecule has 0 saturated heterocycles.